The number of fused-ring (bicyclic) bond motifs is 1. The molecular formula is C20H29NO. The zero-order valence-corrected chi connectivity index (χ0v) is 14.2. The predicted molar refractivity (Wildman–Crippen MR) is 94.4 cm³/mol. The number of hydrogen-bond donors (Lipinski definition) is 1. The van der Waals surface area contributed by atoms with Crippen molar-refractivity contribution in [3.05, 3.63) is 36.0 Å². The highest BCUT2D eigenvalue weighted by Crippen LogP contribution is 2.33. The van der Waals surface area contributed by atoms with Crippen molar-refractivity contribution in [2.45, 2.75) is 71.1 Å². The molecule has 120 valence electrons. The number of phenols is 1. The second kappa shape index (κ2) is 7.62. The summed E-state index contributed by atoms with van der Waals surface area (Å²) in [5.41, 5.74) is 2.18. The Labute approximate surface area is 134 Å². The van der Waals surface area contributed by atoms with E-state index in [4.69, 9.17) is 4.98 Å². The summed E-state index contributed by atoms with van der Waals surface area (Å²) in [7, 11) is 0. The van der Waals surface area contributed by atoms with Crippen LogP contribution in [-0.4, -0.2) is 10.1 Å². The van der Waals surface area contributed by atoms with Gasteiger partial charge in [-0.2, -0.15) is 0 Å². The van der Waals surface area contributed by atoms with Gasteiger partial charge in [-0.25, -0.2) is 0 Å². The van der Waals surface area contributed by atoms with Gasteiger partial charge in [0.1, 0.15) is 5.75 Å². The van der Waals surface area contributed by atoms with Crippen LogP contribution >= 0.6 is 0 Å². The van der Waals surface area contributed by atoms with E-state index in [1.54, 1.807) is 12.1 Å². The molecule has 0 saturated heterocycles. The van der Waals surface area contributed by atoms with E-state index >= 15 is 0 Å². The molecule has 0 radical (unpaired) electrons. The van der Waals surface area contributed by atoms with Crippen molar-refractivity contribution in [3.8, 4) is 5.75 Å². The molecule has 0 aliphatic carbocycles. The number of nitrogens with zero attached hydrogens (tertiary/aromatic N) is 1. The minimum Gasteiger partial charge on any atom is -0.508 e. The molecule has 1 N–H and O–H groups in total. The maximum absolute atomic E-state index is 9.66. The Morgan fingerprint density at radius 3 is 2.45 bits per heavy atom. The third kappa shape index (κ3) is 4.00. The number of phenolic OH excluding ortho intramolecular Hbond substituents is 1. The number of aromatic hydroxyl groups is 1. The fourth-order valence-corrected chi connectivity index (χ4v) is 3.05. The minimum atomic E-state index is 0.131. The number of unbranched alkanes of at least 4 members (excludes halogenated alkanes) is 4. The van der Waals surface area contributed by atoms with Crippen molar-refractivity contribution < 1.29 is 5.11 Å². The summed E-state index contributed by atoms with van der Waals surface area (Å²) < 4.78 is 0. The first kappa shape index (κ1) is 16.8. The summed E-state index contributed by atoms with van der Waals surface area (Å²) in [6.45, 7) is 6.83. The number of hydrogen-bond acceptors (Lipinski definition) is 2. The Balaban J connectivity index is 2.14. The Bertz CT molecular complexity index is 608. The minimum absolute atomic E-state index is 0.131. The van der Waals surface area contributed by atoms with Gasteiger partial charge in [-0.15, -0.1) is 0 Å². The Hall–Kier alpha value is -1.57. The average molecular weight is 299 g/mol. The van der Waals surface area contributed by atoms with E-state index in [0.717, 1.165) is 23.0 Å². The lowest BCUT2D eigenvalue weighted by Crippen LogP contribution is -2.22. The van der Waals surface area contributed by atoms with Crippen LogP contribution in [0, 0.1) is 0 Å². The molecule has 0 aliphatic heterocycles. The molecule has 1 aromatic heterocycles. The number of aromatic nitrogens is 1. The highest BCUT2D eigenvalue weighted by Gasteiger charge is 2.25. The molecule has 1 atom stereocenters. The van der Waals surface area contributed by atoms with Crippen LogP contribution < -0.4 is 0 Å². The largest absolute Gasteiger partial charge is 0.508 e. The van der Waals surface area contributed by atoms with E-state index in [2.05, 4.69) is 32.9 Å². The van der Waals surface area contributed by atoms with Crippen LogP contribution in [0.2, 0.25) is 0 Å². The molecular weight excluding hydrogens is 270 g/mol. The highest BCUT2D eigenvalue weighted by atomic mass is 16.3. The first-order valence-electron chi connectivity index (χ1n) is 8.69. The van der Waals surface area contributed by atoms with E-state index in [9.17, 15) is 5.11 Å². The Morgan fingerprint density at radius 2 is 1.73 bits per heavy atom. The van der Waals surface area contributed by atoms with Gasteiger partial charge in [-0.05, 0) is 31.0 Å². The second-order valence-electron chi connectivity index (χ2n) is 6.65. The van der Waals surface area contributed by atoms with Gasteiger partial charge in [0.25, 0.3) is 0 Å². The highest BCUT2D eigenvalue weighted by molar-refractivity contribution is 5.80. The lowest BCUT2D eigenvalue weighted by molar-refractivity contribution is 0.386. The SMILES string of the molecule is CCCCCCCC(C)(CC)c1ccc2ccc(O)cc2n1. The predicted octanol–water partition coefficient (Wildman–Crippen LogP) is 5.97. The van der Waals surface area contributed by atoms with Gasteiger partial charge in [0.2, 0.25) is 0 Å². The van der Waals surface area contributed by atoms with Crippen molar-refractivity contribution in [2.24, 2.45) is 0 Å². The summed E-state index contributed by atoms with van der Waals surface area (Å²) in [5, 5.41) is 10.8. The fourth-order valence-electron chi connectivity index (χ4n) is 3.05. The zero-order chi connectivity index (χ0) is 16.0. The lowest BCUT2D eigenvalue weighted by Gasteiger charge is -2.28. The third-order valence-electron chi connectivity index (χ3n) is 4.91. The van der Waals surface area contributed by atoms with E-state index in [0.29, 0.717) is 0 Å². The molecule has 0 saturated carbocycles. The number of benzene rings is 1. The van der Waals surface area contributed by atoms with Crippen molar-refractivity contribution in [1.29, 1.82) is 0 Å². The topological polar surface area (TPSA) is 33.1 Å². The third-order valence-corrected chi connectivity index (χ3v) is 4.91. The lowest BCUT2D eigenvalue weighted by atomic mass is 9.78. The second-order valence-corrected chi connectivity index (χ2v) is 6.65. The summed E-state index contributed by atoms with van der Waals surface area (Å²) in [6, 6.07) is 9.69. The monoisotopic (exact) mass is 299 g/mol. The van der Waals surface area contributed by atoms with Gasteiger partial charge in [0, 0.05) is 22.6 Å². The average Bonchev–Trinajstić information content (AvgIpc) is 2.53. The maximum atomic E-state index is 9.66. The van der Waals surface area contributed by atoms with Crippen LogP contribution in [-0.2, 0) is 5.41 Å². The molecule has 2 aromatic rings. The van der Waals surface area contributed by atoms with E-state index in [-0.39, 0.29) is 11.2 Å². The molecule has 0 amide bonds. The van der Waals surface area contributed by atoms with Crippen LogP contribution in [0.3, 0.4) is 0 Å². The number of rotatable bonds is 8. The van der Waals surface area contributed by atoms with Crippen molar-refractivity contribution in [1.82, 2.24) is 4.98 Å². The first-order valence-corrected chi connectivity index (χ1v) is 8.69. The van der Waals surface area contributed by atoms with Crippen LogP contribution in [0.25, 0.3) is 10.9 Å². The van der Waals surface area contributed by atoms with E-state index in [1.807, 2.05) is 6.07 Å². The molecule has 0 aliphatic rings. The molecule has 22 heavy (non-hydrogen) atoms. The fraction of sp³-hybridized carbons (Fsp3) is 0.550. The zero-order valence-electron chi connectivity index (χ0n) is 14.2. The van der Waals surface area contributed by atoms with Crippen LogP contribution in [0.1, 0.15) is 71.4 Å². The summed E-state index contributed by atoms with van der Waals surface area (Å²) in [6.07, 6.45) is 8.84. The van der Waals surface area contributed by atoms with Crippen molar-refractivity contribution >= 4 is 10.9 Å². The maximum Gasteiger partial charge on any atom is 0.117 e. The van der Waals surface area contributed by atoms with Crippen LogP contribution in [0.5, 0.6) is 5.75 Å². The molecule has 0 spiro atoms. The first-order chi connectivity index (χ1) is 10.6. The normalized spacial score (nSPS) is 14.1. The Kier molecular flexibility index (Phi) is 5.82. The van der Waals surface area contributed by atoms with Crippen molar-refractivity contribution in [3.63, 3.8) is 0 Å². The van der Waals surface area contributed by atoms with Gasteiger partial charge in [-0.1, -0.05) is 58.9 Å². The molecule has 0 fully saturated rings. The summed E-state index contributed by atoms with van der Waals surface area (Å²) in [5.74, 6) is 0.287. The van der Waals surface area contributed by atoms with E-state index < -0.39 is 0 Å². The van der Waals surface area contributed by atoms with Gasteiger partial charge in [0.15, 0.2) is 0 Å². The standard InChI is InChI=1S/C20H29NO/c1-4-6-7-8-9-14-20(3,5-2)19-13-11-16-10-12-17(22)15-18(16)21-19/h10-13,15,22H,4-9,14H2,1-3H3. The van der Waals surface area contributed by atoms with Crippen LogP contribution in [0.4, 0.5) is 0 Å². The smallest absolute Gasteiger partial charge is 0.117 e. The molecule has 2 heteroatoms. The van der Waals surface area contributed by atoms with Crippen molar-refractivity contribution in [2.75, 3.05) is 0 Å². The molecule has 2 rings (SSSR count). The quantitative estimate of drug-likeness (QED) is 0.609. The molecule has 1 heterocycles. The van der Waals surface area contributed by atoms with Gasteiger partial charge in [-0.3, -0.25) is 4.98 Å². The van der Waals surface area contributed by atoms with Gasteiger partial charge >= 0.3 is 0 Å². The molecule has 1 aromatic carbocycles. The van der Waals surface area contributed by atoms with Crippen LogP contribution in [0.15, 0.2) is 30.3 Å². The Morgan fingerprint density at radius 1 is 1.00 bits per heavy atom. The molecule has 1 unspecified atom stereocenters. The summed E-state index contributed by atoms with van der Waals surface area (Å²) >= 11 is 0. The molecule has 0 bridgehead atoms. The molecule has 2 nitrogen and oxygen atoms in total. The van der Waals surface area contributed by atoms with Gasteiger partial charge < -0.3 is 5.11 Å². The number of pyridine rings is 1. The summed E-state index contributed by atoms with van der Waals surface area (Å²) in [4.78, 5) is 4.83. The van der Waals surface area contributed by atoms with E-state index in [1.165, 1.54) is 38.5 Å². The van der Waals surface area contributed by atoms with Gasteiger partial charge in [0.05, 0.1) is 5.52 Å².